The van der Waals surface area contributed by atoms with E-state index >= 15 is 0 Å². The van der Waals surface area contributed by atoms with Crippen LogP contribution in [-0.4, -0.2) is 32.0 Å². The molecule has 5 nitrogen and oxygen atoms in total. The third kappa shape index (κ3) is 6.27. The highest BCUT2D eigenvalue weighted by atomic mass is 19.4. The number of para-hydroxylation sites is 1. The van der Waals surface area contributed by atoms with Crippen molar-refractivity contribution in [1.82, 2.24) is 10.6 Å². The average molecular weight is 411 g/mol. The molecule has 0 saturated carbocycles. The molecule has 2 amide bonds. The Balaban J connectivity index is 1.44. The van der Waals surface area contributed by atoms with Crippen LogP contribution in [0.3, 0.4) is 0 Å². The molecule has 1 fully saturated rings. The maximum Gasteiger partial charge on any atom is 0.573 e. The molecule has 0 aliphatic carbocycles. The van der Waals surface area contributed by atoms with E-state index in [4.69, 9.17) is 0 Å². The summed E-state index contributed by atoms with van der Waals surface area (Å²) >= 11 is 0. The largest absolute Gasteiger partial charge is 0.573 e. The number of carbonyl (C=O) groups excluding carboxylic acids is 1. The molecule has 0 radical (unpaired) electrons. The van der Waals surface area contributed by atoms with Crippen molar-refractivity contribution in [3.05, 3.63) is 59.9 Å². The topological polar surface area (TPSA) is 53.6 Å². The third-order valence-corrected chi connectivity index (χ3v) is 4.67. The number of alkyl halides is 3. The summed E-state index contributed by atoms with van der Waals surface area (Å²) in [6.45, 7) is 1.88. The Morgan fingerprint density at radius 3 is 2.55 bits per heavy atom. The second-order valence-electron chi connectivity index (χ2n) is 6.80. The Hall–Kier alpha value is -2.97. The van der Waals surface area contributed by atoms with E-state index < -0.39 is 12.4 Å². The summed E-state index contributed by atoms with van der Waals surface area (Å²) in [6, 6.07) is 11.5. The average Bonchev–Trinajstić information content (AvgIpc) is 3.14. The van der Waals surface area contributed by atoms with Crippen LogP contribution in [0.4, 0.5) is 28.0 Å². The van der Waals surface area contributed by atoms with Gasteiger partial charge in [-0.05, 0) is 42.7 Å². The van der Waals surface area contributed by atoms with Crippen molar-refractivity contribution in [2.75, 3.05) is 24.5 Å². The maximum atomic E-state index is 13.0. The van der Waals surface area contributed by atoms with Gasteiger partial charge in [0.05, 0.1) is 0 Å². The van der Waals surface area contributed by atoms with Gasteiger partial charge >= 0.3 is 12.4 Å². The van der Waals surface area contributed by atoms with Crippen LogP contribution in [0.15, 0.2) is 48.5 Å². The van der Waals surface area contributed by atoms with E-state index in [-0.39, 0.29) is 29.6 Å². The van der Waals surface area contributed by atoms with Crippen molar-refractivity contribution in [2.45, 2.75) is 19.3 Å². The predicted molar refractivity (Wildman–Crippen MR) is 100 cm³/mol. The molecular formula is C20H21F4N3O2. The molecule has 156 valence electrons. The van der Waals surface area contributed by atoms with Gasteiger partial charge in [0.15, 0.2) is 0 Å². The van der Waals surface area contributed by atoms with Crippen molar-refractivity contribution in [3.63, 3.8) is 0 Å². The summed E-state index contributed by atoms with van der Waals surface area (Å²) < 4.78 is 54.3. The summed E-state index contributed by atoms with van der Waals surface area (Å²) in [6.07, 6.45) is -3.92. The molecule has 1 aliphatic heterocycles. The lowest BCUT2D eigenvalue weighted by molar-refractivity contribution is -0.274. The van der Waals surface area contributed by atoms with E-state index in [0.717, 1.165) is 25.2 Å². The normalized spacial score (nSPS) is 16.6. The van der Waals surface area contributed by atoms with Gasteiger partial charge in [-0.2, -0.15) is 0 Å². The molecule has 29 heavy (non-hydrogen) atoms. The molecule has 1 atom stereocenters. The minimum atomic E-state index is -4.79. The number of hydrogen-bond donors (Lipinski definition) is 2. The van der Waals surface area contributed by atoms with Crippen LogP contribution >= 0.6 is 0 Å². The Labute approximate surface area is 165 Å². The second kappa shape index (κ2) is 9.02. The van der Waals surface area contributed by atoms with E-state index in [1.54, 1.807) is 18.2 Å². The van der Waals surface area contributed by atoms with Crippen molar-refractivity contribution < 1.29 is 27.1 Å². The van der Waals surface area contributed by atoms with Gasteiger partial charge in [-0.1, -0.05) is 18.2 Å². The SMILES string of the molecule is O=C(NCc1ccccc1OC(F)(F)F)NCC1CCN(c2ccc(F)cc2)C1. The van der Waals surface area contributed by atoms with E-state index in [1.165, 1.54) is 30.3 Å². The molecule has 2 aromatic rings. The van der Waals surface area contributed by atoms with E-state index in [1.807, 2.05) is 0 Å². The fraction of sp³-hybridized carbons (Fsp3) is 0.350. The highest BCUT2D eigenvalue weighted by Gasteiger charge is 2.32. The number of halogens is 4. The molecule has 0 bridgehead atoms. The number of nitrogens with zero attached hydrogens (tertiary/aromatic N) is 1. The van der Waals surface area contributed by atoms with Crippen molar-refractivity contribution >= 4 is 11.7 Å². The molecule has 1 saturated heterocycles. The van der Waals surface area contributed by atoms with E-state index in [9.17, 15) is 22.4 Å². The molecule has 2 N–H and O–H groups in total. The van der Waals surface area contributed by atoms with Crippen LogP contribution in [-0.2, 0) is 6.54 Å². The van der Waals surface area contributed by atoms with Gasteiger partial charge < -0.3 is 20.3 Å². The minimum absolute atomic E-state index is 0.0928. The number of anilines is 1. The van der Waals surface area contributed by atoms with Crippen LogP contribution in [0.1, 0.15) is 12.0 Å². The molecule has 2 aromatic carbocycles. The van der Waals surface area contributed by atoms with Crippen LogP contribution in [0, 0.1) is 11.7 Å². The van der Waals surface area contributed by atoms with Crippen molar-refractivity contribution in [3.8, 4) is 5.75 Å². The first-order chi connectivity index (χ1) is 13.8. The van der Waals surface area contributed by atoms with E-state index in [2.05, 4.69) is 20.3 Å². The number of urea groups is 1. The number of rotatable bonds is 6. The Morgan fingerprint density at radius 1 is 1.10 bits per heavy atom. The third-order valence-electron chi connectivity index (χ3n) is 4.67. The number of nitrogens with one attached hydrogen (secondary N) is 2. The molecule has 3 rings (SSSR count). The zero-order valence-electron chi connectivity index (χ0n) is 15.5. The molecule has 1 unspecified atom stereocenters. The molecule has 1 heterocycles. The monoisotopic (exact) mass is 411 g/mol. The Bertz CT molecular complexity index is 827. The van der Waals surface area contributed by atoms with Crippen molar-refractivity contribution in [1.29, 1.82) is 0 Å². The molecular weight excluding hydrogens is 390 g/mol. The first kappa shape index (κ1) is 20.8. The van der Waals surface area contributed by atoms with Gasteiger partial charge in [0, 0.05) is 37.4 Å². The molecule has 0 aromatic heterocycles. The van der Waals surface area contributed by atoms with Crippen LogP contribution in [0.5, 0.6) is 5.75 Å². The van der Waals surface area contributed by atoms with Gasteiger partial charge in [-0.3, -0.25) is 0 Å². The van der Waals surface area contributed by atoms with Gasteiger partial charge in [-0.15, -0.1) is 13.2 Å². The van der Waals surface area contributed by atoms with Gasteiger partial charge in [0.25, 0.3) is 0 Å². The summed E-state index contributed by atoms with van der Waals surface area (Å²) in [5.74, 6) is -0.400. The predicted octanol–water partition coefficient (Wildman–Crippen LogP) is 4.05. The zero-order valence-corrected chi connectivity index (χ0v) is 15.5. The first-order valence-electron chi connectivity index (χ1n) is 9.16. The first-order valence-corrected chi connectivity index (χ1v) is 9.16. The van der Waals surface area contributed by atoms with Crippen molar-refractivity contribution in [2.24, 2.45) is 5.92 Å². The summed E-state index contributed by atoms with van der Waals surface area (Å²) in [5.41, 5.74) is 1.16. The second-order valence-corrected chi connectivity index (χ2v) is 6.80. The lowest BCUT2D eigenvalue weighted by Crippen LogP contribution is -2.38. The van der Waals surface area contributed by atoms with Crippen LogP contribution in [0.2, 0.25) is 0 Å². The van der Waals surface area contributed by atoms with Crippen LogP contribution < -0.4 is 20.3 Å². The number of carbonyl (C=O) groups is 1. The highest BCUT2D eigenvalue weighted by molar-refractivity contribution is 5.73. The molecule has 0 spiro atoms. The quantitative estimate of drug-likeness (QED) is 0.706. The lowest BCUT2D eigenvalue weighted by Gasteiger charge is -2.19. The van der Waals surface area contributed by atoms with E-state index in [0.29, 0.717) is 6.54 Å². The minimum Gasteiger partial charge on any atom is -0.405 e. The lowest BCUT2D eigenvalue weighted by atomic mass is 10.1. The standard InChI is InChI=1S/C20H21F4N3O2/c21-16-5-7-17(8-6-16)27-10-9-14(13-27)11-25-19(28)26-12-15-3-1-2-4-18(15)29-20(22,23)24/h1-8,14H,9-13H2,(H2,25,26,28). The fourth-order valence-electron chi connectivity index (χ4n) is 3.23. The number of ether oxygens (including phenoxy) is 1. The summed E-state index contributed by atoms with van der Waals surface area (Å²) in [4.78, 5) is 14.1. The zero-order chi connectivity index (χ0) is 20.9. The Kier molecular flexibility index (Phi) is 6.46. The highest BCUT2D eigenvalue weighted by Crippen LogP contribution is 2.26. The van der Waals surface area contributed by atoms with Gasteiger partial charge in [0.2, 0.25) is 0 Å². The number of benzene rings is 2. The molecule has 1 aliphatic rings. The summed E-state index contributed by atoms with van der Waals surface area (Å²) in [7, 11) is 0. The summed E-state index contributed by atoms with van der Waals surface area (Å²) in [5, 5.41) is 5.29. The molecule has 9 heteroatoms. The van der Waals surface area contributed by atoms with Gasteiger partial charge in [0.1, 0.15) is 11.6 Å². The Morgan fingerprint density at radius 2 is 1.83 bits per heavy atom. The fourth-order valence-corrected chi connectivity index (χ4v) is 3.23. The number of amides is 2. The maximum absolute atomic E-state index is 13.0. The number of hydrogen-bond acceptors (Lipinski definition) is 3. The smallest absolute Gasteiger partial charge is 0.405 e. The van der Waals surface area contributed by atoms with Crippen LogP contribution in [0.25, 0.3) is 0 Å². The van der Waals surface area contributed by atoms with Gasteiger partial charge in [-0.25, -0.2) is 9.18 Å².